The molecule has 0 fully saturated rings. The first kappa shape index (κ1) is 19.9. The summed E-state index contributed by atoms with van der Waals surface area (Å²) in [5.74, 6) is 0.726. The molecule has 6 nitrogen and oxygen atoms in total. The van der Waals surface area contributed by atoms with Crippen LogP contribution in [0.5, 0.6) is 5.75 Å². The number of rotatable bonds is 6. The van der Waals surface area contributed by atoms with Gasteiger partial charge in [0, 0.05) is 11.3 Å². The summed E-state index contributed by atoms with van der Waals surface area (Å²) in [6.45, 7) is 1.81. The fourth-order valence-electron chi connectivity index (χ4n) is 3.18. The maximum atomic E-state index is 12.3. The Labute approximate surface area is 179 Å². The molecule has 2 N–H and O–H groups in total. The number of amides is 1. The van der Waals surface area contributed by atoms with E-state index < -0.39 is 0 Å². The molecule has 0 saturated carbocycles. The van der Waals surface area contributed by atoms with Crippen molar-refractivity contribution in [2.24, 2.45) is 0 Å². The van der Waals surface area contributed by atoms with E-state index in [1.807, 2.05) is 73.7 Å². The predicted molar refractivity (Wildman–Crippen MR) is 121 cm³/mol. The van der Waals surface area contributed by atoms with Crippen LogP contribution in [0.2, 0.25) is 0 Å². The van der Waals surface area contributed by atoms with E-state index in [-0.39, 0.29) is 12.5 Å². The van der Waals surface area contributed by atoms with Crippen molar-refractivity contribution in [3.8, 4) is 11.8 Å². The van der Waals surface area contributed by atoms with Crippen LogP contribution < -0.4 is 10.1 Å². The quantitative estimate of drug-likeness (QED) is 0.442. The third kappa shape index (κ3) is 4.80. The molecule has 0 aliphatic rings. The van der Waals surface area contributed by atoms with Gasteiger partial charge >= 0.3 is 0 Å². The summed E-state index contributed by atoms with van der Waals surface area (Å²) >= 11 is 0. The number of para-hydroxylation sites is 3. The highest BCUT2D eigenvalue weighted by molar-refractivity contribution is 5.93. The number of nitrogens with one attached hydrogen (secondary N) is 2. The number of carbonyl (C=O) groups excluding carboxylic acids is 1. The number of carbonyl (C=O) groups is 1. The lowest BCUT2D eigenvalue weighted by Crippen LogP contribution is -2.20. The molecule has 3 aromatic carbocycles. The summed E-state index contributed by atoms with van der Waals surface area (Å²) in [5, 5.41) is 12.5. The third-order valence-corrected chi connectivity index (χ3v) is 4.64. The summed E-state index contributed by atoms with van der Waals surface area (Å²) in [7, 11) is 0. The highest BCUT2D eigenvalue weighted by atomic mass is 16.5. The Morgan fingerprint density at radius 1 is 1.13 bits per heavy atom. The zero-order valence-corrected chi connectivity index (χ0v) is 16.9. The van der Waals surface area contributed by atoms with E-state index in [1.54, 1.807) is 12.1 Å². The zero-order chi connectivity index (χ0) is 21.6. The summed E-state index contributed by atoms with van der Waals surface area (Å²) in [6.07, 6.45) is 1.70. The largest absolute Gasteiger partial charge is 0.483 e. The minimum Gasteiger partial charge on any atom is -0.483 e. The van der Waals surface area contributed by atoms with E-state index >= 15 is 0 Å². The molecule has 0 aliphatic heterocycles. The molecule has 0 atom stereocenters. The molecule has 0 unspecified atom stereocenters. The molecule has 1 amide bonds. The molecule has 1 aromatic heterocycles. The number of aryl methyl sites for hydroxylation is 1. The first-order valence-electron chi connectivity index (χ1n) is 9.77. The Hall–Kier alpha value is -4.37. The van der Waals surface area contributed by atoms with Crippen LogP contribution in [0.25, 0.3) is 22.7 Å². The number of imidazole rings is 1. The number of fused-ring (bicyclic) bond motifs is 1. The molecular weight excluding hydrogens is 388 g/mol. The van der Waals surface area contributed by atoms with Gasteiger partial charge in [-0.1, -0.05) is 42.5 Å². The van der Waals surface area contributed by atoms with Crippen molar-refractivity contribution in [3.63, 3.8) is 0 Å². The lowest BCUT2D eigenvalue weighted by atomic mass is 10.1. The Morgan fingerprint density at radius 2 is 1.94 bits per heavy atom. The standard InChI is InChI=1S/C25H20N4O2/c1-17-7-6-9-20(13-17)27-24(30)16-31-23-12-5-2-8-18(23)14-19(15-26)25-28-21-10-3-4-11-22(21)29-25/h2-14H,16H2,1H3,(H,27,30)(H,28,29)/b19-14+. The second-order valence-electron chi connectivity index (χ2n) is 7.02. The van der Waals surface area contributed by atoms with Crippen LogP contribution in [0.4, 0.5) is 5.69 Å². The monoisotopic (exact) mass is 408 g/mol. The number of ether oxygens (including phenoxy) is 1. The third-order valence-electron chi connectivity index (χ3n) is 4.64. The number of aromatic nitrogens is 2. The van der Waals surface area contributed by atoms with Crippen molar-refractivity contribution in [1.29, 1.82) is 5.26 Å². The number of nitrogens with zero attached hydrogens (tertiary/aromatic N) is 2. The second kappa shape index (κ2) is 8.97. The van der Waals surface area contributed by atoms with E-state index in [0.29, 0.717) is 22.7 Å². The number of hydrogen-bond acceptors (Lipinski definition) is 4. The topological polar surface area (TPSA) is 90.8 Å². The molecule has 1 heterocycles. The van der Waals surface area contributed by atoms with Gasteiger partial charge in [0.2, 0.25) is 0 Å². The first-order chi connectivity index (χ1) is 15.1. The van der Waals surface area contributed by atoms with Crippen molar-refractivity contribution in [3.05, 3.63) is 89.7 Å². The average molecular weight is 408 g/mol. The predicted octanol–water partition coefficient (Wildman–Crippen LogP) is 4.95. The average Bonchev–Trinajstić information content (AvgIpc) is 3.21. The van der Waals surface area contributed by atoms with E-state index in [4.69, 9.17) is 4.74 Å². The number of nitriles is 1. The van der Waals surface area contributed by atoms with Crippen molar-refractivity contribution in [1.82, 2.24) is 9.97 Å². The minimum atomic E-state index is -0.262. The van der Waals surface area contributed by atoms with Crippen LogP contribution in [-0.4, -0.2) is 22.5 Å². The summed E-state index contributed by atoms with van der Waals surface area (Å²) in [6, 6.07) is 24.6. The fourth-order valence-corrected chi connectivity index (χ4v) is 3.18. The molecule has 6 heteroatoms. The lowest BCUT2D eigenvalue weighted by molar-refractivity contribution is -0.118. The van der Waals surface area contributed by atoms with Gasteiger partial charge in [-0.15, -0.1) is 0 Å². The van der Waals surface area contributed by atoms with Crippen LogP contribution in [0, 0.1) is 18.3 Å². The molecule has 31 heavy (non-hydrogen) atoms. The number of allylic oxidation sites excluding steroid dienone is 1. The molecule has 0 radical (unpaired) electrons. The van der Waals surface area contributed by atoms with E-state index in [9.17, 15) is 10.1 Å². The Kier molecular flexibility index (Phi) is 5.77. The molecule has 4 aromatic rings. The summed E-state index contributed by atoms with van der Waals surface area (Å²) < 4.78 is 5.74. The van der Waals surface area contributed by atoms with Gasteiger partial charge in [0.15, 0.2) is 6.61 Å². The van der Waals surface area contributed by atoms with Gasteiger partial charge in [-0.05, 0) is 48.9 Å². The van der Waals surface area contributed by atoms with Gasteiger partial charge in [-0.2, -0.15) is 5.26 Å². The SMILES string of the molecule is Cc1cccc(NC(=O)COc2ccccc2/C=C(\C#N)c2nc3ccccc3[nH]2)c1. The first-order valence-corrected chi connectivity index (χ1v) is 9.77. The molecule has 0 aliphatic carbocycles. The Morgan fingerprint density at radius 3 is 2.74 bits per heavy atom. The van der Waals surface area contributed by atoms with Crippen molar-refractivity contribution < 1.29 is 9.53 Å². The normalized spacial score (nSPS) is 11.2. The number of hydrogen-bond donors (Lipinski definition) is 2. The Bertz CT molecular complexity index is 1280. The summed E-state index contributed by atoms with van der Waals surface area (Å²) in [4.78, 5) is 19.9. The van der Waals surface area contributed by atoms with Gasteiger partial charge in [0.05, 0.1) is 16.6 Å². The second-order valence-corrected chi connectivity index (χ2v) is 7.02. The number of aromatic amines is 1. The molecule has 0 spiro atoms. The van der Waals surface area contributed by atoms with Gasteiger partial charge < -0.3 is 15.0 Å². The van der Waals surface area contributed by atoms with Crippen molar-refractivity contribution >= 4 is 34.3 Å². The molecule has 0 bridgehead atoms. The molecule has 152 valence electrons. The Balaban J connectivity index is 1.52. The molecule has 0 saturated heterocycles. The van der Waals surface area contributed by atoms with Crippen LogP contribution in [0.3, 0.4) is 0 Å². The number of H-pyrrole nitrogens is 1. The highest BCUT2D eigenvalue weighted by Crippen LogP contribution is 2.25. The van der Waals surface area contributed by atoms with Gasteiger partial charge in [-0.3, -0.25) is 4.79 Å². The van der Waals surface area contributed by atoms with Crippen LogP contribution in [0.15, 0.2) is 72.8 Å². The zero-order valence-electron chi connectivity index (χ0n) is 16.9. The maximum Gasteiger partial charge on any atom is 0.262 e. The highest BCUT2D eigenvalue weighted by Gasteiger charge is 2.11. The molecule has 4 rings (SSSR count). The van der Waals surface area contributed by atoms with E-state index in [0.717, 1.165) is 22.3 Å². The van der Waals surface area contributed by atoms with Gasteiger partial charge in [-0.25, -0.2) is 4.98 Å². The smallest absolute Gasteiger partial charge is 0.262 e. The van der Waals surface area contributed by atoms with E-state index in [1.165, 1.54) is 0 Å². The fraction of sp³-hybridized carbons (Fsp3) is 0.0800. The van der Waals surface area contributed by atoms with Crippen molar-refractivity contribution in [2.75, 3.05) is 11.9 Å². The summed E-state index contributed by atoms with van der Waals surface area (Å²) in [5.41, 5.74) is 4.48. The van der Waals surface area contributed by atoms with Gasteiger partial charge in [0.1, 0.15) is 17.6 Å². The van der Waals surface area contributed by atoms with Crippen LogP contribution >= 0.6 is 0 Å². The maximum absolute atomic E-state index is 12.3. The van der Waals surface area contributed by atoms with Gasteiger partial charge in [0.25, 0.3) is 5.91 Å². The lowest BCUT2D eigenvalue weighted by Gasteiger charge is -2.10. The molecular formula is C25H20N4O2. The van der Waals surface area contributed by atoms with Crippen LogP contribution in [0.1, 0.15) is 17.0 Å². The van der Waals surface area contributed by atoms with Crippen molar-refractivity contribution in [2.45, 2.75) is 6.92 Å². The van der Waals surface area contributed by atoms with E-state index in [2.05, 4.69) is 21.4 Å². The number of anilines is 1. The van der Waals surface area contributed by atoms with Crippen LogP contribution in [-0.2, 0) is 4.79 Å². The minimum absolute atomic E-state index is 0.148. The number of benzene rings is 3.